The number of aryl methyl sites for hydroxylation is 1. The van der Waals surface area contributed by atoms with Crippen LogP contribution in [0.25, 0.3) is 0 Å². The van der Waals surface area contributed by atoms with Gasteiger partial charge >= 0.3 is 5.97 Å². The lowest BCUT2D eigenvalue weighted by Gasteiger charge is -2.37. The van der Waals surface area contributed by atoms with Crippen molar-refractivity contribution in [3.63, 3.8) is 0 Å². The molecule has 0 bridgehead atoms. The third-order valence-corrected chi connectivity index (χ3v) is 5.58. The number of carbonyl (C=O) groups excluding carboxylic acids is 1. The van der Waals surface area contributed by atoms with Gasteiger partial charge in [-0.3, -0.25) is 4.79 Å². The van der Waals surface area contributed by atoms with Gasteiger partial charge in [-0.1, -0.05) is 11.6 Å². The number of cyclic esters (lactones) is 1. The highest BCUT2D eigenvalue weighted by atomic mass is 35.5. The Morgan fingerprint density at radius 1 is 1.36 bits per heavy atom. The summed E-state index contributed by atoms with van der Waals surface area (Å²) in [7, 11) is 0. The van der Waals surface area contributed by atoms with Crippen LogP contribution in [0.3, 0.4) is 0 Å². The average Bonchev–Trinajstić information content (AvgIpc) is 3.20. The van der Waals surface area contributed by atoms with Gasteiger partial charge in [-0.05, 0) is 31.9 Å². The van der Waals surface area contributed by atoms with E-state index in [2.05, 4.69) is 14.9 Å². The second-order valence-electron chi connectivity index (χ2n) is 7.02. The van der Waals surface area contributed by atoms with Gasteiger partial charge in [0.2, 0.25) is 0 Å². The summed E-state index contributed by atoms with van der Waals surface area (Å²) in [6.07, 6.45) is 7.64. The molecule has 0 aliphatic carbocycles. The summed E-state index contributed by atoms with van der Waals surface area (Å²) in [5.74, 6) is 0.762. The Morgan fingerprint density at radius 3 is 2.88 bits per heavy atom. The van der Waals surface area contributed by atoms with E-state index in [9.17, 15) is 4.79 Å². The van der Waals surface area contributed by atoms with Crippen LogP contribution in [-0.4, -0.2) is 39.7 Å². The molecular weight excluding hydrogens is 340 g/mol. The van der Waals surface area contributed by atoms with E-state index in [1.165, 1.54) is 0 Å². The van der Waals surface area contributed by atoms with Crippen LogP contribution in [-0.2, 0) is 16.1 Å². The van der Waals surface area contributed by atoms with E-state index in [-0.39, 0.29) is 17.5 Å². The number of nitrogens with zero attached hydrogens (tertiary/aromatic N) is 4. The molecule has 0 N–H and O–H groups in total. The zero-order valence-corrected chi connectivity index (χ0v) is 14.9. The van der Waals surface area contributed by atoms with E-state index in [1.54, 1.807) is 12.5 Å². The van der Waals surface area contributed by atoms with Gasteiger partial charge < -0.3 is 14.2 Å². The zero-order valence-electron chi connectivity index (χ0n) is 14.2. The molecule has 6 nitrogen and oxygen atoms in total. The predicted molar refractivity (Wildman–Crippen MR) is 94.6 cm³/mol. The second-order valence-corrected chi connectivity index (χ2v) is 7.42. The fourth-order valence-electron chi connectivity index (χ4n) is 3.87. The number of anilines is 1. The second kappa shape index (κ2) is 6.33. The highest BCUT2D eigenvalue weighted by Gasteiger charge is 2.50. The molecule has 4 rings (SSSR count). The van der Waals surface area contributed by atoms with Gasteiger partial charge in [0.25, 0.3) is 0 Å². The van der Waals surface area contributed by atoms with Crippen LogP contribution in [0.1, 0.15) is 25.0 Å². The first-order valence-corrected chi connectivity index (χ1v) is 8.98. The van der Waals surface area contributed by atoms with Crippen molar-refractivity contribution in [3.05, 3.63) is 41.6 Å². The van der Waals surface area contributed by atoms with Crippen LogP contribution in [0.5, 0.6) is 0 Å². The number of hydrogen-bond donors (Lipinski definition) is 0. The molecule has 2 aromatic heterocycles. The van der Waals surface area contributed by atoms with Crippen molar-refractivity contribution in [2.75, 3.05) is 18.0 Å². The van der Waals surface area contributed by atoms with Gasteiger partial charge in [0.15, 0.2) is 0 Å². The van der Waals surface area contributed by atoms with Gasteiger partial charge in [0.1, 0.15) is 11.9 Å². The van der Waals surface area contributed by atoms with Gasteiger partial charge in [0.05, 0.1) is 23.3 Å². The third-order valence-electron chi connectivity index (χ3n) is 5.29. The Balaban J connectivity index is 1.44. The number of carbonyl (C=O) groups is 1. The van der Waals surface area contributed by atoms with E-state index in [0.717, 1.165) is 43.9 Å². The monoisotopic (exact) mass is 360 g/mol. The van der Waals surface area contributed by atoms with E-state index in [4.69, 9.17) is 16.3 Å². The molecule has 2 aliphatic rings. The molecule has 0 aromatic carbocycles. The van der Waals surface area contributed by atoms with Gasteiger partial charge in [-0.15, -0.1) is 0 Å². The topological polar surface area (TPSA) is 60.2 Å². The standard InChI is InChI=1S/C18H21ClN4O2/c1-13-2-3-15(19)16(21-13)23-7-4-18(5-8-23)10-14(25-17(18)24)11-22-9-6-20-12-22/h2-3,6,9,12,14H,4-5,7-8,10-11H2,1H3. The Bertz CT molecular complexity index is 769. The summed E-state index contributed by atoms with van der Waals surface area (Å²) in [6.45, 7) is 4.16. The van der Waals surface area contributed by atoms with Crippen molar-refractivity contribution >= 4 is 23.4 Å². The molecular formula is C18H21ClN4O2. The van der Waals surface area contributed by atoms with Gasteiger partial charge in [0, 0.05) is 37.6 Å². The van der Waals surface area contributed by atoms with Crippen LogP contribution >= 0.6 is 11.6 Å². The van der Waals surface area contributed by atoms with Crippen LogP contribution in [0.2, 0.25) is 5.02 Å². The number of ether oxygens (including phenoxy) is 1. The first-order chi connectivity index (χ1) is 12.1. The lowest BCUT2D eigenvalue weighted by atomic mass is 9.76. The van der Waals surface area contributed by atoms with Gasteiger partial charge in [-0.25, -0.2) is 9.97 Å². The molecule has 2 saturated heterocycles. The number of esters is 1. The number of piperidine rings is 1. The Kier molecular flexibility index (Phi) is 4.15. The summed E-state index contributed by atoms with van der Waals surface area (Å²) in [6, 6.07) is 3.79. The largest absolute Gasteiger partial charge is 0.460 e. The maximum Gasteiger partial charge on any atom is 0.312 e. The minimum absolute atomic E-state index is 0.0550. The van der Waals surface area contributed by atoms with E-state index < -0.39 is 0 Å². The molecule has 2 aliphatic heterocycles. The quantitative estimate of drug-likeness (QED) is 0.788. The van der Waals surface area contributed by atoms with Crippen molar-refractivity contribution in [2.45, 2.75) is 38.8 Å². The smallest absolute Gasteiger partial charge is 0.312 e. The minimum Gasteiger partial charge on any atom is -0.460 e. The maximum absolute atomic E-state index is 12.5. The lowest BCUT2D eigenvalue weighted by molar-refractivity contribution is -0.150. The molecule has 0 radical (unpaired) electrons. The molecule has 0 saturated carbocycles. The maximum atomic E-state index is 12.5. The van der Waals surface area contributed by atoms with Crippen molar-refractivity contribution in [2.24, 2.45) is 5.41 Å². The molecule has 0 amide bonds. The lowest BCUT2D eigenvalue weighted by Crippen LogP contribution is -2.43. The van der Waals surface area contributed by atoms with E-state index in [1.807, 2.05) is 29.8 Å². The highest BCUT2D eigenvalue weighted by molar-refractivity contribution is 6.32. The number of halogens is 1. The SMILES string of the molecule is Cc1ccc(Cl)c(N2CCC3(CC2)CC(Cn2ccnc2)OC3=O)n1. The first-order valence-electron chi connectivity index (χ1n) is 8.61. The van der Waals surface area contributed by atoms with Crippen molar-refractivity contribution in [3.8, 4) is 0 Å². The Hall–Kier alpha value is -2.08. The summed E-state index contributed by atoms with van der Waals surface area (Å²) in [4.78, 5) is 23.3. The number of pyridine rings is 1. The molecule has 7 heteroatoms. The highest BCUT2D eigenvalue weighted by Crippen LogP contribution is 2.44. The number of imidazole rings is 1. The molecule has 2 fully saturated rings. The molecule has 25 heavy (non-hydrogen) atoms. The summed E-state index contributed by atoms with van der Waals surface area (Å²) in [5, 5.41) is 0.661. The molecule has 132 valence electrons. The zero-order chi connectivity index (χ0) is 17.4. The summed E-state index contributed by atoms with van der Waals surface area (Å²) >= 11 is 6.31. The van der Waals surface area contributed by atoms with E-state index >= 15 is 0 Å². The third kappa shape index (κ3) is 3.11. The predicted octanol–water partition coefficient (Wildman–Crippen LogP) is 2.84. The van der Waals surface area contributed by atoms with Crippen LogP contribution in [0, 0.1) is 12.3 Å². The van der Waals surface area contributed by atoms with Crippen LogP contribution < -0.4 is 4.90 Å². The number of aromatic nitrogens is 3. The van der Waals surface area contributed by atoms with Crippen molar-refractivity contribution in [1.29, 1.82) is 0 Å². The van der Waals surface area contributed by atoms with E-state index in [0.29, 0.717) is 11.6 Å². The fourth-order valence-corrected chi connectivity index (χ4v) is 4.10. The van der Waals surface area contributed by atoms with Crippen molar-refractivity contribution in [1.82, 2.24) is 14.5 Å². The molecule has 4 heterocycles. The van der Waals surface area contributed by atoms with Crippen molar-refractivity contribution < 1.29 is 9.53 Å². The Morgan fingerprint density at radius 2 is 2.16 bits per heavy atom. The molecule has 2 aromatic rings. The molecule has 1 unspecified atom stereocenters. The fraction of sp³-hybridized carbons (Fsp3) is 0.500. The summed E-state index contributed by atoms with van der Waals surface area (Å²) < 4.78 is 7.62. The average molecular weight is 361 g/mol. The first kappa shape index (κ1) is 16.4. The normalized spacial score (nSPS) is 22.4. The van der Waals surface area contributed by atoms with Gasteiger partial charge in [-0.2, -0.15) is 0 Å². The number of hydrogen-bond acceptors (Lipinski definition) is 5. The van der Waals surface area contributed by atoms with Crippen LogP contribution in [0.15, 0.2) is 30.9 Å². The Labute approximate surface area is 151 Å². The summed E-state index contributed by atoms with van der Waals surface area (Å²) in [5.41, 5.74) is 0.582. The molecule has 1 spiro atoms. The number of rotatable bonds is 3. The minimum atomic E-state index is -0.363. The van der Waals surface area contributed by atoms with Crippen LogP contribution in [0.4, 0.5) is 5.82 Å². The molecule has 1 atom stereocenters.